The van der Waals surface area contributed by atoms with Crippen LogP contribution in [0.5, 0.6) is 5.75 Å². The molecule has 6 rings (SSSR count). The van der Waals surface area contributed by atoms with Crippen molar-refractivity contribution in [3.63, 3.8) is 0 Å². The van der Waals surface area contributed by atoms with Crippen molar-refractivity contribution in [1.82, 2.24) is 15.3 Å². The quantitative estimate of drug-likeness (QED) is 0.230. The number of benzene rings is 3. The Kier molecular flexibility index (Phi) is 7.40. The number of aromatic nitrogens is 2. The van der Waals surface area contributed by atoms with Crippen LogP contribution in [0.15, 0.2) is 83.5 Å². The topological polar surface area (TPSA) is 81.4 Å². The lowest BCUT2D eigenvalue weighted by Gasteiger charge is -2.22. The maximum absolute atomic E-state index is 13.4. The average molecular weight is 545 g/mol. The minimum absolute atomic E-state index is 0.114. The highest BCUT2D eigenvalue weighted by Gasteiger charge is 2.17. The average Bonchev–Trinajstić information content (AvgIpc) is 3.42. The number of hydrogen-bond acceptors (Lipinski definition) is 7. The van der Waals surface area contributed by atoms with Gasteiger partial charge in [-0.3, -0.25) is 0 Å². The Balaban J connectivity index is 1.19. The molecular formula is C30H26ClFN4O3. The smallest absolute Gasteiger partial charge is 0.141 e. The summed E-state index contributed by atoms with van der Waals surface area (Å²) in [5, 5.41) is 7.95. The fourth-order valence-electron chi connectivity index (χ4n) is 4.55. The van der Waals surface area contributed by atoms with Crippen molar-refractivity contribution in [3.8, 4) is 17.1 Å². The van der Waals surface area contributed by atoms with Gasteiger partial charge in [-0.1, -0.05) is 23.7 Å². The Bertz CT molecular complexity index is 1600. The fraction of sp³-hybridized carbons (Fsp3) is 0.200. The number of hydrogen-bond donors (Lipinski definition) is 2. The Morgan fingerprint density at radius 3 is 2.85 bits per heavy atom. The molecule has 1 saturated heterocycles. The van der Waals surface area contributed by atoms with Crippen LogP contribution in [0, 0.1) is 5.82 Å². The van der Waals surface area contributed by atoms with Gasteiger partial charge in [0.25, 0.3) is 0 Å². The third-order valence-electron chi connectivity index (χ3n) is 6.49. The SMILES string of the molecule is Fc1cccc(COc2ccc(Nc3ncnc4ccc(-c5ccc(CC6CNCCO6)o5)cc34)cc2Cl)c1. The highest BCUT2D eigenvalue weighted by atomic mass is 35.5. The summed E-state index contributed by atoms with van der Waals surface area (Å²) < 4.78 is 31.2. The third kappa shape index (κ3) is 6.04. The van der Waals surface area contributed by atoms with Gasteiger partial charge in [-0.25, -0.2) is 14.4 Å². The van der Waals surface area contributed by atoms with Crippen molar-refractivity contribution in [1.29, 1.82) is 0 Å². The van der Waals surface area contributed by atoms with Crippen LogP contribution in [0.2, 0.25) is 5.02 Å². The Morgan fingerprint density at radius 2 is 2.00 bits per heavy atom. The Labute approximate surface area is 229 Å². The van der Waals surface area contributed by atoms with Crippen LogP contribution in [0.3, 0.4) is 0 Å². The zero-order chi connectivity index (χ0) is 26.6. The molecule has 39 heavy (non-hydrogen) atoms. The predicted molar refractivity (Wildman–Crippen MR) is 149 cm³/mol. The fourth-order valence-corrected chi connectivity index (χ4v) is 4.78. The van der Waals surface area contributed by atoms with Crippen LogP contribution in [0.25, 0.3) is 22.2 Å². The van der Waals surface area contributed by atoms with E-state index in [0.717, 1.165) is 58.7 Å². The zero-order valence-corrected chi connectivity index (χ0v) is 21.7. The van der Waals surface area contributed by atoms with Crippen molar-refractivity contribution in [3.05, 3.63) is 101 Å². The number of anilines is 2. The van der Waals surface area contributed by atoms with Crippen LogP contribution in [0.4, 0.5) is 15.9 Å². The Hall–Kier alpha value is -3.98. The Morgan fingerprint density at radius 1 is 1.05 bits per heavy atom. The van der Waals surface area contributed by atoms with E-state index in [4.69, 9.17) is 25.5 Å². The number of nitrogens with zero attached hydrogens (tertiary/aromatic N) is 2. The molecule has 2 N–H and O–H groups in total. The van der Waals surface area contributed by atoms with Crippen LogP contribution >= 0.6 is 11.6 Å². The van der Waals surface area contributed by atoms with E-state index in [9.17, 15) is 4.39 Å². The number of nitrogens with one attached hydrogen (secondary N) is 2. The molecule has 0 aliphatic carbocycles. The van der Waals surface area contributed by atoms with Gasteiger partial charge in [0, 0.05) is 36.1 Å². The monoisotopic (exact) mass is 544 g/mol. The largest absolute Gasteiger partial charge is 0.487 e. The van der Waals surface area contributed by atoms with E-state index in [1.807, 2.05) is 36.4 Å². The number of rotatable bonds is 8. The van der Waals surface area contributed by atoms with Gasteiger partial charge in [0.2, 0.25) is 0 Å². The van der Waals surface area contributed by atoms with E-state index in [2.05, 4.69) is 20.6 Å². The van der Waals surface area contributed by atoms with Gasteiger partial charge in [0.05, 0.1) is 23.3 Å². The summed E-state index contributed by atoms with van der Waals surface area (Å²) in [6.45, 7) is 2.63. The number of halogens is 2. The lowest BCUT2D eigenvalue weighted by atomic mass is 10.1. The molecule has 5 aromatic rings. The first kappa shape index (κ1) is 25.3. The lowest BCUT2D eigenvalue weighted by Crippen LogP contribution is -2.39. The normalized spacial score (nSPS) is 15.4. The van der Waals surface area contributed by atoms with E-state index >= 15 is 0 Å². The lowest BCUT2D eigenvalue weighted by molar-refractivity contribution is 0.0263. The van der Waals surface area contributed by atoms with Crippen molar-refractivity contribution in [2.75, 3.05) is 25.0 Å². The molecule has 1 atom stereocenters. The molecule has 1 aliphatic rings. The molecule has 0 bridgehead atoms. The highest BCUT2D eigenvalue weighted by Crippen LogP contribution is 2.33. The molecule has 1 fully saturated rings. The second kappa shape index (κ2) is 11.4. The first-order valence-electron chi connectivity index (χ1n) is 12.7. The molecule has 0 spiro atoms. The molecule has 0 radical (unpaired) electrons. The molecule has 2 aromatic heterocycles. The minimum Gasteiger partial charge on any atom is -0.487 e. The summed E-state index contributed by atoms with van der Waals surface area (Å²) in [5.41, 5.74) is 3.18. The third-order valence-corrected chi connectivity index (χ3v) is 6.79. The maximum Gasteiger partial charge on any atom is 0.141 e. The summed E-state index contributed by atoms with van der Waals surface area (Å²) in [7, 11) is 0. The van der Waals surface area contributed by atoms with Gasteiger partial charge in [0.1, 0.15) is 41.8 Å². The first-order chi connectivity index (χ1) is 19.1. The number of fused-ring (bicyclic) bond motifs is 1. The van der Waals surface area contributed by atoms with Gasteiger partial charge in [-0.2, -0.15) is 0 Å². The van der Waals surface area contributed by atoms with E-state index in [-0.39, 0.29) is 18.5 Å². The van der Waals surface area contributed by atoms with Gasteiger partial charge in [0.15, 0.2) is 0 Å². The summed E-state index contributed by atoms with van der Waals surface area (Å²) in [6.07, 6.45) is 2.36. The standard InChI is InChI=1S/C30H26ClFN4O3/c31-26-14-22(5-8-29(26)38-17-19-2-1-3-21(32)12-19)36-30-25-13-20(4-7-27(25)34-18-35-30)28-9-6-23(39-28)15-24-16-33-10-11-37-24/h1-9,12-14,18,24,33H,10-11,15-17H2,(H,34,35,36). The van der Waals surface area contributed by atoms with Gasteiger partial charge < -0.3 is 24.5 Å². The van der Waals surface area contributed by atoms with Gasteiger partial charge in [-0.05, 0) is 66.2 Å². The molecule has 3 heterocycles. The molecule has 1 unspecified atom stereocenters. The molecule has 9 heteroatoms. The van der Waals surface area contributed by atoms with Crippen molar-refractivity contribution in [2.45, 2.75) is 19.1 Å². The predicted octanol–water partition coefficient (Wildman–Crippen LogP) is 6.54. The molecule has 1 aliphatic heterocycles. The summed E-state index contributed by atoms with van der Waals surface area (Å²) in [5.74, 6) is 2.49. The van der Waals surface area contributed by atoms with Crippen molar-refractivity contribution >= 4 is 34.0 Å². The maximum atomic E-state index is 13.4. The summed E-state index contributed by atoms with van der Waals surface area (Å²) >= 11 is 6.49. The zero-order valence-electron chi connectivity index (χ0n) is 21.0. The highest BCUT2D eigenvalue weighted by molar-refractivity contribution is 6.32. The van der Waals surface area contributed by atoms with Crippen LogP contribution < -0.4 is 15.4 Å². The molecule has 0 saturated carbocycles. The molecule has 7 nitrogen and oxygen atoms in total. The van der Waals surface area contributed by atoms with Crippen LogP contribution in [-0.2, 0) is 17.8 Å². The molecular weight excluding hydrogens is 519 g/mol. The van der Waals surface area contributed by atoms with Crippen molar-refractivity contribution < 1.29 is 18.3 Å². The van der Waals surface area contributed by atoms with Gasteiger partial charge >= 0.3 is 0 Å². The molecule has 3 aromatic carbocycles. The first-order valence-corrected chi connectivity index (χ1v) is 13.1. The van der Waals surface area contributed by atoms with Crippen LogP contribution in [0.1, 0.15) is 11.3 Å². The van der Waals surface area contributed by atoms with Crippen molar-refractivity contribution in [2.24, 2.45) is 0 Å². The van der Waals surface area contributed by atoms with E-state index in [1.54, 1.807) is 24.3 Å². The second-order valence-corrected chi connectivity index (χ2v) is 9.72. The number of furan rings is 1. The van der Waals surface area contributed by atoms with E-state index in [0.29, 0.717) is 23.2 Å². The molecule has 0 amide bonds. The van der Waals surface area contributed by atoms with E-state index in [1.165, 1.54) is 18.5 Å². The summed E-state index contributed by atoms with van der Waals surface area (Å²) in [4.78, 5) is 8.88. The van der Waals surface area contributed by atoms with Gasteiger partial charge in [-0.15, -0.1) is 0 Å². The second-order valence-electron chi connectivity index (χ2n) is 9.31. The van der Waals surface area contributed by atoms with E-state index < -0.39 is 0 Å². The van der Waals surface area contributed by atoms with Crippen LogP contribution in [-0.4, -0.2) is 35.8 Å². The summed E-state index contributed by atoms with van der Waals surface area (Å²) in [6, 6.07) is 21.6. The molecule has 198 valence electrons. The number of morpholine rings is 1. The number of ether oxygens (including phenoxy) is 2. The minimum atomic E-state index is -0.305.